The van der Waals surface area contributed by atoms with Crippen molar-refractivity contribution < 1.29 is 9.53 Å². The third-order valence-electron chi connectivity index (χ3n) is 5.51. The molecule has 4 aromatic carbocycles. The van der Waals surface area contributed by atoms with Gasteiger partial charge >= 0.3 is 5.97 Å². The highest BCUT2D eigenvalue weighted by Gasteiger charge is 2.36. The van der Waals surface area contributed by atoms with Crippen LogP contribution in [0, 0.1) is 0 Å². The fourth-order valence-corrected chi connectivity index (χ4v) is 3.83. The zero-order valence-corrected chi connectivity index (χ0v) is 18.3. The van der Waals surface area contributed by atoms with Gasteiger partial charge in [-0.25, -0.2) is 4.79 Å². The molecule has 0 fully saturated rings. The summed E-state index contributed by atoms with van der Waals surface area (Å²) in [4.78, 5) is 12.9. The van der Waals surface area contributed by atoms with Crippen LogP contribution in [-0.4, -0.2) is 17.0 Å². The molecule has 0 N–H and O–H groups in total. The van der Waals surface area contributed by atoms with Crippen molar-refractivity contribution in [2.24, 2.45) is 15.4 Å². The van der Waals surface area contributed by atoms with Crippen LogP contribution in [0.15, 0.2) is 137 Å². The molecule has 5 rings (SSSR count). The lowest BCUT2D eigenvalue weighted by Gasteiger charge is -2.23. The molecule has 0 aliphatic carbocycles. The van der Waals surface area contributed by atoms with Gasteiger partial charge in [0.15, 0.2) is 0 Å². The Bertz CT molecular complexity index is 1290. The van der Waals surface area contributed by atoms with Crippen molar-refractivity contribution in [3.63, 3.8) is 0 Å². The van der Waals surface area contributed by atoms with Gasteiger partial charge in [-0.2, -0.15) is 10.2 Å². The van der Waals surface area contributed by atoms with E-state index < -0.39 is 5.97 Å². The minimum Gasteiger partial charge on any atom is -0.402 e. The van der Waals surface area contributed by atoms with Crippen LogP contribution in [0.25, 0.3) is 0 Å². The second-order valence-electron chi connectivity index (χ2n) is 7.76. The number of rotatable bonds is 5. The predicted octanol–water partition coefficient (Wildman–Crippen LogP) is 6.37. The molecule has 0 aromatic heterocycles. The number of esters is 1. The third-order valence-corrected chi connectivity index (χ3v) is 5.51. The summed E-state index contributed by atoms with van der Waals surface area (Å²) < 4.78 is 5.78. The van der Waals surface area contributed by atoms with E-state index in [4.69, 9.17) is 9.84 Å². The summed E-state index contributed by atoms with van der Waals surface area (Å²) >= 11 is 0. The molecule has 6 heteroatoms. The molecule has 4 aromatic rings. The Morgan fingerprint density at radius 3 is 1.76 bits per heavy atom. The maximum atomic E-state index is 12.9. The van der Waals surface area contributed by atoms with Crippen molar-refractivity contribution in [3.8, 4) is 0 Å². The Morgan fingerprint density at radius 2 is 1.18 bits per heavy atom. The van der Waals surface area contributed by atoms with Crippen molar-refractivity contribution in [2.75, 3.05) is 0 Å². The van der Waals surface area contributed by atoms with Gasteiger partial charge in [-0.05, 0) is 35.4 Å². The summed E-state index contributed by atoms with van der Waals surface area (Å²) in [5.74, 6) is -0.335. The predicted molar refractivity (Wildman–Crippen MR) is 130 cm³/mol. The van der Waals surface area contributed by atoms with E-state index in [1.807, 2.05) is 97.1 Å². The molecule has 1 aliphatic rings. The molecule has 0 spiro atoms. The number of benzene rings is 4. The van der Waals surface area contributed by atoms with E-state index in [-0.39, 0.29) is 18.0 Å². The van der Waals surface area contributed by atoms with E-state index in [9.17, 15) is 4.79 Å². The van der Waals surface area contributed by atoms with Crippen LogP contribution in [0.1, 0.15) is 39.1 Å². The van der Waals surface area contributed by atoms with Crippen LogP contribution >= 0.6 is 0 Å². The number of hydrazone groups is 1. The maximum absolute atomic E-state index is 12.9. The summed E-state index contributed by atoms with van der Waals surface area (Å²) in [6.07, 6.45) is 0. The van der Waals surface area contributed by atoms with E-state index in [0.717, 1.165) is 11.1 Å². The Labute approximate surface area is 197 Å². The lowest BCUT2D eigenvalue weighted by molar-refractivity contribution is 0.0709. The number of nitrogens with zero attached hydrogens (tertiary/aromatic N) is 4. The van der Waals surface area contributed by atoms with E-state index in [1.54, 1.807) is 24.3 Å². The van der Waals surface area contributed by atoms with Gasteiger partial charge in [0.1, 0.15) is 12.1 Å². The summed E-state index contributed by atoms with van der Waals surface area (Å²) in [6, 6.07) is 37.6. The Hall–Kier alpha value is -4.58. The fourth-order valence-electron chi connectivity index (χ4n) is 3.83. The van der Waals surface area contributed by atoms with Crippen LogP contribution < -0.4 is 0 Å². The molecule has 1 heterocycles. The lowest BCUT2D eigenvalue weighted by atomic mass is 9.95. The number of ether oxygens (including phenoxy) is 1. The van der Waals surface area contributed by atoms with Crippen molar-refractivity contribution in [1.29, 1.82) is 0 Å². The quantitative estimate of drug-likeness (QED) is 0.203. The minimum absolute atomic E-state index is 0.156. The van der Waals surface area contributed by atoms with Crippen molar-refractivity contribution in [1.82, 2.24) is 5.12 Å². The van der Waals surface area contributed by atoms with Gasteiger partial charge in [-0.15, -0.1) is 5.10 Å². The van der Waals surface area contributed by atoms with Crippen molar-refractivity contribution >= 4 is 11.9 Å². The molecule has 0 amide bonds. The fraction of sp³-hybridized carbons (Fsp3) is 0.0714. The zero-order chi connectivity index (χ0) is 23.2. The monoisotopic (exact) mass is 446 g/mol. The molecule has 2 atom stereocenters. The average molecular weight is 447 g/mol. The van der Waals surface area contributed by atoms with Gasteiger partial charge in [0.05, 0.1) is 5.56 Å². The van der Waals surface area contributed by atoms with Gasteiger partial charge in [-0.3, -0.25) is 0 Å². The first-order valence-corrected chi connectivity index (χ1v) is 11.0. The summed E-state index contributed by atoms with van der Waals surface area (Å²) in [7, 11) is 0. The van der Waals surface area contributed by atoms with Gasteiger partial charge in [-0.1, -0.05) is 102 Å². The number of carbonyl (C=O) groups is 1. The maximum Gasteiger partial charge on any atom is 0.344 e. The van der Waals surface area contributed by atoms with Crippen LogP contribution in [0.5, 0.6) is 0 Å². The average Bonchev–Trinajstić information content (AvgIpc) is 3.34. The van der Waals surface area contributed by atoms with E-state index >= 15 is 0 Å². The summed E-state index contributed by atoms with van der Waals surface area (Å²) in [6.45, 7) is 0. The molecule has 0 saturated heterocycles. The van der Waals surface area contributed by atoms with Crippen molar-refractivity contribution in [2.45, 2.75) is 12.1 Å². The Morgan fingerprint density at radius 1 is 0.676 bits per heavy atom. The van der Waals surface area contributed by atoms with E-state index in [2.05, 4.69) is 10.3 Å². The molecule has 1 aliphatic heterocycles. The van der Waals surface area contributed by atoms with Gasteiger partial charge < -0.3 is 4.74 Å². The summed E-state index contributed by atoms with van der Waals surface area (Å²) in [5.41, 5.74) is 3.14. The molecule has 6 nitrogen and oxygen atoms in total. The van der Waals surface area contributed by atoms with Gasteiger partial charge in [0, 0.05) is 5.56 Å². The Balaban J connectivity index is 1.54. The Kier molecular flexibility index (Phi) is 6.21. The highest BCUT2D eigenvalue weighted by Crippen LogP contribution is 2.42. The largest absolute Gasteiger partial charge is 0.402 e. The molecule has 0 saturated carbocycles. The molecule has 0 bridgehead atoms. The smallest absolute Gasteiger partial charge is 0.344 e. The van der Waals surface area contributed by atoms with E-state index in [1.165, 1.54) is 5.12 Å². The number of hydrogen-bond donors (Lipinski definition) is 0. The minimum atomic E-state index is -0.491. The van der Waals surface area contributed by atoms with Crippen LogP contribution in [0.3, 0.4) is 0 Å². The standard InChI is InChI=1S/C28H22N4O2/c33-28(24-19-11-4-12-20-24)34-27(23-17-9-3-10-18-23)30-32-26(22-15-7-2-8-16-22)25(29-31-32)21-13-5-1-6-14-21/h1-20,25-26H. The second kappa shape index (κ2) is 9.92. The highest BCUT2D eigenvalue weighted by atomic mass is 16.5. The molecule has 2 unspecified atom stereocenters. The second-order valence-corrected chi connectivity index (χ2v) is 7.76. The zero-order valence-electron chi connectivity index (χ0n) is 18.3. The molecular formula is C28H22N4O2. The normalized spacial score (nSPS) is 17.5. The van der Waals surface area contributed by atoms with Crippen LogP contribution in [0.4, 0.5) is 0 Å². The van der Waals surface area contributed by atoms with Crippen LogP contribution in [-0.2, 0) is 4.74 Å². The highest BCUT2D eigenvalue weighted by molar-refractivity contribution is 6.04. The van der Waals surface area contributed by atoms with Crippen LogP contribution in [0.2, 0.25) is 0 Å². The first kappa shape index (κ1) is 21.3. The third kappa shape index (κ3) is 4.61. The SMILES string of the molecule is O=C(OC(=NN1N=NC(c2ccccc2)C1c1ccccc1)c1ccccc1)c1ccccc1. The number of hydrogen-bond acceptors (Lipinski definition) is 6. The molecular weight excluding hydrogens is 424 g/mol. The van der Waals surface area contributed by atoms with Gasteiger partial charge in [0.25, 0.3) is 0 Å². The lowest BCUT2D eigenvalue weighted by Crippen LogP contribution is -2.23. The first-order valence-electron chi connectivity index (χ1n) is 11.0. The van der Waals surface area contributed by atoms with Gasteiger partial charge in [0.2, 0.25) is 5.90 Å². The van der Waals surface area contributed by atoms with Crippen molar-refractivity contribution in [3.05, 3.63) is 144 Å². The molecule has 0 radical (unpaired) electrons. The topological polar surface area (TPSA) is 66.6 Å². The summed E-state index contributed by atoms with van der Waals surface area (Å²) in [5, 5.41) is 15.1. The molecule has 34 heavy (non-hydrogen) atoms. The molecule has 166 valence electrons. The van der Waals surface area contributed by atoms with E-state index in [0.29, 0.717) is 11.1 Å². The first-order chi connectivity index (χ1) is 16.8. The number of carbonyl (C=O) groups excluding carboxylic acids is 1.